The number of hydrogen-bond acceptors (Lipinski definition) is 6. The summed E-state index contributed by atoms with van der Waals surface area (Å²) in [7, 11) is 0. The predicted molar refractivity (Wildman–Crippen MR) is 38.2 cm³/mol. The highest BCUT2D eigenvalue weighted by Gasteiger charge is 2.49. The summed E-state index contributed by atoms with van der Waals surface area (Å²) in [6.07, 6.45) is 0. The van der Waals surface area contributed by atoms with Gasteiger partial charge in [-0.3, -0.25) is 19.2 Å². The predicted octanol–water partition coefficient (Wildman–Crippen LogP) is -1.44. The molecule has 0 radical (unpaired) electrons. The van der Waals surface area contributed by atoms with E-state index in [1.807, 2.05) is 0 Å². The van der Waals surface area contributed by atoms with Crippen LogP contribution >= 0.6 is 0 Å². The zero-order chi connectivity index (χ0) is 10.9. The zero-order valence-corrected chi connectivity index (χ0v) is 6.68. The van der Waals surface area contributed by atoms with Gasteiger partial charge in [0.1, 0.15) is 0 Å². The van der Waals surface area contributed by atoms with E-state index >= 15 is 0 Å². The summed E-state index contributed by atoms with van der Waals surface area (Å²) >= 11 is 0. The topological polar surface area (TPSA) is 116 Å². The second-order valence-electron chi connectivity index (χ2n) is 2.58. The Labute approximate surface area is 77.7 Å². The van der Waals surface area contributed by atoms with Gasteiger partial charge in [-0.15, -0.1) is 0 Å². The van der Waals surface area contributed by atoms with E-state index in [0.29, 0.717) is 0 Å². The first-order valence-corrected chi connectivity index (χ1v) is 3.50. The maximum atomic E-state index is 11.0. The summed E-state index contributed by atoms with van der Waals surface area (Å²) in [5.41, 5.74) is 0. The number of rotatable bonds is 0. The van der Waals surface area contributed by atoms with Crippen molar-refractivity contribution < 1.29 is 19.2 Å². The fourth-order valence-corrected chi connectivity index (χ4v) is 1.04. The van der Waals surface area contributed by atoms with Gasteiger partial charge in [-0.05, 0) is 0 Å². The van der Waals surface area contributed by atoms with Crippen molar-refractivity contribution in [3.05, 3.63) is 0 Å². The fraction of sp³-hybridized carbons (Fsp3) is 0.250. The molecule has 0 heterocycles. The third kappa shape index (κ3) is 1.10. The van der Waals surface area contributed by atoms with E-state index in [2.05, 4.69) is 0 Å². The number of ketones is 4. The first-order chi connectivity index (χ1) is 6.54. The highest BCUT2D eigenvalue weighted by atomic mass is 16.2. The van der Waals surface area contributed by atoms with Crippen LogP contribution in [0.25, 0.3) is 0 Å². The van der Waals surface area contributed by atoms with E-state index in [-0.39, 0.29) is 0 Å². The van der Waals surface area contributed by atoms with Crippen molar-refractivity contribution in [1.29, 1.82) is 10.5 Å². The number of carbonyl (C=O) groups is 4. The average molecular weight is 190 g/mol. The van der Waals surface area contributed by atoms with Crippen molar-refractivity contribution in [3.63, 3.8) is 0 Å². The van der Waals surface area contributed by atoms with Crippen LogP contribution in [0.1, 0.15) is 0 Å². The molecular weight excluding hydrogens is 188 g/mol. The largest absolute Gasteiger partial charge is 0.289 e. The third-order valence-corrected chi connectivity index (χ3v) is 1.79. The summed E-state index contributed by atoms with van der Waals surface area (Å²) in [5, 5.41) is 16.7. The lowest BCUT2D eigenvalue weighted by Crippen LogP contribution is -2.47. The lowest BCUT2D eigenvalue weighted by atomic mass is 9.79. The SMILES string of the molecule is N#CC1C(=O)C(=O)C(C#N)C(=O)C1=O. The van der Waals surface area contributed by atoms with Crippen LogP contribution in [-0.2, 0) is 19.2 Å². The molecule has 1 fully saturated rings. The highest BCUT2D eigenvalue weighted by Crippen LogP contribution is 2.16. The molecule has 0 N–H and O–H groups in total. The van der Waals surface area contributed by atoms with Gasteiger partial charge in [0.05, 0.1) is 12.1 Å². The summed E-state index contributed by atoms with van der Waals surface area (Å²) in [6, 6.07) is 2.52. The van der Waals surface area contributed by atoms with Crippen LogP contribution in [0.5, 0.6) is 0 Å². The Morgan fingerprint density at radius 3 is 1.07 bits per heavy atom. The average Bonchev–Trinajstić information content (AvgIpc) is 2.17. The normalized spacial score (nSPS) is 27.0. The van der Waals surface area contributed by atoms with Crippen molar-refractivity contribution in [2.24, 2.45) is 11.8 Å². The molecule has 0 unspecified atom stereocenters. The molecule has 6 heteroatoms. The van der Waals surface area contributed by atoms with Crippen LogP contribution < -0.4 is 0 Å². The van der Waals surface area contributed by atoms with E-state index in [0.717, 1.165) is 0 Å². The highest BCUT2D eigenvalue weighted by molar-refractivity contribution is 6.61. The van der Waals surface area contributed by atoms with Crippen molar-refractivity contribution in [1.82, 2.24) is 0 Å². The molecule has 1 aliphatic carbocycles. The number of nitriles is 2. The molecule has 0 bridgehead atoms. The van der Waals surface area contributed by atoms with Crippen molar-refractivity contribution in [3.8, 4) is 12.1 Å². The molecule has 0 atom stereocenters. The minimum atomic E-state index is -1.86. The Morgan fingerprint density at radius 2 is 0.929 bits per heavy atom. The van der Waals surface area contributed by atoms with Gasteiger partial charge in [-0.1, -0.05) is 0 Å². The standard InChI is InChI=1S/C8H2N2O4/c9-1-3-5(11)7(13)4(2-10)8(14)6(3)12/h3-4H. The minimum Gasteiger partial charge on any atom is -0.289 e. The van der Waals surface area contributed by atoms with E-state index in [1.54, 1.807) is 0 Å². The van der Waals surface area contributed by atoms with Gasteiger partial charge in [-0.2, -0.15) is 10.5 Å². The van der Waals surface area contributed by atoms with Crippen LogP contribution in [0.2, 0.25) is 0 Å². The maximum absolute atomic E-state index is 11.0. The lowest BCUT2D eigenvalue weighted by molar-refractivity contribution is -0.152. The second-order valence-corrected chi connectivity index (χ2v) is 2.58. The molecular formula is C8H2N2O4. The van der Waals surface area contributed by atoms with E-state index in [4.69, 9.17) is 10.5 Å². The molecule has 68 valence electrons. The minimum absolute atomic E-state index is 1.26. The summed E-state index contributed by atoms with van der Waals surface area (Å²) in [5.74, 6) is -8.82. The van der Waals surface area contributed by atoms with Crippen LogP contribution in [0, 0.1) is 34.5 Å². The molecule has 1 rings (SSSR count). The molecule has 0 aromatic carbocycles. The van der Waals surface area contributed by atoms with Crippen molar-refractivity contribution in [2.45, 2.75) is 0 Å². The Balaban J connectivity index is 3.22. The molecule has 14 heavy (non-hydrogen) atoms. The number of Topliss-reactive ketones (excluding diaryl/α,β-unsaturated/α-hetero) is 4. The van der Waals surface area contributed by atoms with Gasteiger partial charge in [0.2, 0.25) is 23.1 Å². The molecule has 0 amide bonds. The van der Waals surface area contributed by atoms with Crippen LogP contribution in [-0.4, -0.2) is 23.1 Å². The summed E-state index contributed by atoms with van der Waals surface area (Å²) in [6.45, 7) is 0. The first-order valence-electron chi connectivity index (χ1n) is 3.50. The van der Waals surface area contributed by atoms with E-state index < -0.39 is 35.0 Å². The van der Waals surface area contributed by atoms with Gasteiger partial charge < -0.3 is 0 Å². The van der Waals surface area contributed by atoms with Crippen LogP contribution in [0.4, 0.5) is 0 Å². The zero-order valence-electron chi connectivity index (χ0n) is 6.68. The van der Waals surface area contributed by atoms with Gasteiger partial charge in [0.15, 0.2) is 11.8 Å². The molecule has 0 aromatic heterocycles. The maximum Gasteiger partial charge on any atom is 0.225 e. The lowest BCUT2D eigenvalue weighted by Gasteiger charge is -2.14. The quantitative estimate of drug-likeness (QED) is 0.341. The van der Waals surface area contributed by atoms with Gasteiger partial charge in [0, 0.05) is 0 Å². The Bertz CT molecular complexity index is 367. The molecule has 0 aliphatic heterocycles. The van der Waals surface area contributed by atoms with E-state index in [1.165, 1.54) is 12.1 Å². The van der Waals surface area contributed by atoms with Gasteiger partial charge in [0.25, 0.3) is 0 Å². The fourth-order valence-electron chi connectivity index (χ4n) is 1.04. The number of hydrogen-bond donors (Lipinski definition) is 0. The molecule has 0 aromatic rings. The Morgan fingerprint density at radius 1 is 0.714 bits per heavy atom. The van der Waals surface area contributed by atoms with Crippen LogP contribution in [0.15, 0.2) is 0 Å². The molecule has 6 nitrogen and oxygen atoms in total. The summed E-state index contributed by atoms with van der Waals surface area (Å²) in [4.78, 5) is 43.9. The van der Waals surface area contributed by atoms with Gasteiger partial charge >= 0.3 is 0 Å². The molecule has 0 spiro atoms. The monoisotopic (exact) mass is 190 g/mol. The van der Waals surface area contributed by atoms with Crippen molar-refractivity contribution in [2.75, 3.05) is 0 Å². The second kappa shape index (κ2) is 3.19. The molecule has 1 saturated carbocycles. The summed E-state index contributed by atoms with van der Waals surface area (Å²) < 4.78 is 0. The Hall–Kier alpha value is -2.34. The molecule has 0 saturated heterocycles. The van der Waals surface area contributed by atoms with Crippen LogP contribution in [0.3, 0.4) is 0 Å². The Kier molecular flexibility index (Phi) is 2.22. The number of carbonyl (C=O) groups excluding carboxylic acids is 4. The van der Waals surface area contributed by atoms with E-state index in [9.17, 15) is 19.2 Å². The third-order valence-electron chi connectivity index (χ3n) is 1.79. The molecule has 1 aliphatic rings. The van der Waals surface area contributed by atoms with Crippen molar-refractivity contribution >= 4 is 23.1 Å². The van der Waals surface area contributed by atoms with Gasteiger partial charge in [-0.25, -0.2) is 0 Å². The number of nitrogens with zero attached hydrogens (tertiary/aromatic N) is 2. The smallest absolute Gasteiger partial charge is 0.225 e. The first kappa shape index (κ1) is 9.75.